The van der Waals surface area contributed by atoms with Crippen molar-refractivity contribution in [3.05, 3.63) is 41.5 Å². The molecule has 0 amide bonds. The molecule has 2 heterocycles. The Bertz CT molecular complexity index is 555. The SMILES string of the molecule is Fc1ccc2c(c1)N(c1nc(CCl)co1)CC2. The van der Waals surface area contributed by atoms with Crippen molar-refractivity contribution in [2.24, 2.45) is 0 Å². The van der Waals surface area contributed by atoms with E-state index < -0.39 is 0 Å². The molecular formula is C12H10ClFN2O. The minimum absolute atomic E-state index is 0.250. The van der Waals surface area contributed by atoms with E-state index in [9.17, 15) is 4.39 Å². The van der Waals surface area contributed by atoms with Crippen molar-refractivity contribution in [3.8, 4) is 0 Å². The topological polar surface area (TPSA) is 29.3 Å². The van der Waals surface area contributed by atoms with Gasteiger partial charge in [0.1, 0.15) is 12.1 Å². The van der Waals surface area contributed by atoms with Gasteiger partial charge in [0.15, 0.2) is 0 Å². The summed E-state index contributed by atoms with van der Waals surface area (Å²) in [6.45, 7) is 0.751. The van der Waals surface area contributed by atoms with E-state index >= 15 is 0 Å². The Balaban J connectivity index is 2.00. The van der Waals surface area contributed by atoms with Crippen LogP contribution in [-0.2, 0) is 12.3 Å². The van der Waals surface area contributed by atoms with Crippen LogP contribution in [0.25, 0.3) is 0 Å². The van der Waals surface area contributed by atoms with Gasteiger partial charge in [-0.25, -0.2) is 4.39 Å². The summed E-state index contributed by atoms with van der Waals surface area (Å²) in [4.78, 5) is 6.11. The molecule has 0 spiro atoms. The van der Waals surface area contributed by atoms with Gasteiger partial charge >= 0.3 is 6.01 Å². The number of halogens is 2. The number of aromatic nitrogens is 1. The molecule has 0 saturated heterocycles. The normalized spacial score (nSPS) is 14.1. The second-order valence-electron chi connectivity index (χ2n) is 3.93. The van der Waals surface area contributed by atoms with Crippen LogP contribution in [-0.4, -0.2) is 11.5 Å². The third-order valence-corrected chi connectivity index (χ3v) is 3.12. The highest BCUT2D eigenvalue weighted by Crippen LogP contribution is 2.34. The van der Waals surface area contributed by atoms with Crippen molar-refractivity contribution in [1.82, 2.24) is 4.98 Å². The molecule has 88 valence electrons. The molecule has 17 heavy (non-hydrogen) atoms. The van der Waals surface area contributed by atoms with Gasteiger partial charge in [-0.2, -0.15) is 4.98 Å². The van der Waals surface area contributed by atoms with E-state index in [-0.39, 0.29) is 5.82 Å². The zero-order chi connectivity index (χ0) is 11.8. The van der Waals surface area contributed by atoms with Crippen LogP contribution in [0.15, 0.2) is 28.9 Å². The van der Waals surface area contributed by atoms with Crippen LogP contribution in [0.3, 0.4) is 0 Å². The zero-order valence-electron chi connectivity index (χ0n) is 8.99. The molecule has 1 aromatic heterocycles. The average Bonchev–Trinajstić information content (AvgIpc) is 2.93. The number of anilines is 2. The van der Waals surface area contributed by atoms with Crippen molar-refractivity contribution in [2.75, 3.05) is 11.4 Å². The molecular weight excluding hydrogens is 243 g/mol. The predicted octanol–water partition coefficient (Wildman–Crippen LogP) is 3.25. The van der Waals surface area contributed by atoms with Crippen molar-refractivity contribution in [3.63, 3.8) is 0 Å². The molecule has 0 unspecified atom stereocenters. The van der Waals surface area contributed by atoms with Crippen molar-refractivity contribution >= 4 is 23.3 Å². The van der Waals surface area contributed by atoms with Crippen LogP contribution in [0.4, 0.5) is 16.1 Å². The first-order valence-electron chi connectivity index (χ1n) is 5.34. The summed E-state index contributed by atoms with van der Waals surface area (Å²) >= 11 is 5.67. The monoisotopic (exact) mass is 252 g/mol. The Morgan fingerprint density at radius 1 is 1.47 bits per heavy atom. The van der Waals surface area contributed by atoms with Crippen molar-refractivity contribution < 1.29 is 8.81 Å². The van der Waals surface area contributed by atoms with E-state index in [0.717, 1.165) is 24.2 Å². The molecule has 3 rings (SSSR count). The van der Waals surface area contributed by atoms with E-state index in [1.54, 1.807) is 6.07 Å². The number of benzene rings is 1. The van der Waals surface area contributed by atoms with Crippen LogP contribution in [0, 0.1) is 5.82 Å². The Morgan fingerprint density at radius 2 is 2.35 bits per heavy atom. The number of oxazole rings is 1. The summed E-state index contributed by atoms with van der Waals surface area (Å²) in [7, 11) is 0. The molecule has 0 fully saturated rings. The first-order chi connectivity index (χ1) is 8.28. The summed E-state index contributed by atoms with van der Waals surface area (Å²) in [5.74, 6) is 0.0626. The van der Waals surface area contributed by atoms with Crippen LogP contribution in [0.1, 0.15) is 11.3 Å². The van der Waals surface area contributed by atoms with Gasteiger partial charge in [-0.3, -0.25) is 4.90 Å². The largest absolute Gasteiger partial charge is 0.431 e. The van der Waals surface area contributed by atoms with Gasteiger partial charge in [0.25, 0.3) is 0 Å². The molecule has 1 aromatic carbocycles. The van der Waals surface area contributed by atoms with E-state index in [1.807, 2.05) is 4.90 Å². The first-order valence-corrected chi connectivity index (χ1v) is 5.88. The number of fused-ring (bicyclic) bond motifs is 1. The van der Waals surface area contributed by atoms with Gasteiger partial charge in [-0.05, 0) is 24.1 Å². The average molecular weight is 253 g/mol. The summed E-state index contributed by atoms with van der Waals surface area (Å²) in [6.07, 6.45) is 2.40. The standard InChI is InChI=1S/C12H10ClFN2O/c13-6-10-7-17-12(15-10)16-4-3-8-1-2-9(14)5-11(8)16/h1-2,5,7H,3-4,6H2. The number of hydrogen-bond donors (Lipinski definition) is 0. The smallest absolute Gasteiger partial charge is 0.302 e. The third kappa shape index (κ3) is 1.78. The third-order valence-electron chi connectivity index (χ3n) is 2.85. The van der Waals surface area contributed by atoms with Gasteiger partial charge in [0, 0.05) is 6.54 Å². The molecule has 0 N–H and O–H groups in total. The van der Waals surface area contributed by atoms with Gasteiger partial charge in [0.2, 0.25) is 0 Å². The first kappa shape index (κ1) is 10.6. The minimum atomic E-state index is -0.250. The molecule has 0 saturated carbocycles. The van der Waals surface area contributed by atoms with Gasteiger partial charge in [-0.1, -0.05) is 6.07 Å². The second kappa shape index (κ2) is 4.04. The summed E-state index contributed by atoms with van der Waals surface area (Å²) in [5.41, 5.74) is 2.62. The summed E-state index contributed by atoms with van der Waals surface area (Å²) < 4.78 is 18.6. The quantitative estimate of drug-likeness (QED) is 0.769. The second-order valence-corrected chi connectivity index (χ2v) is 4.20. The Morgan fingerprint density at radius 3 is 3.12 bits per heavy atom. The summed E-state index contributed by atoms with van der Waals surface area (Å²) in [6, 6.07) is 5.26. The lowest BCUT2D eigenvalue weighted by molar-refractivity contribution is 0.555. The van der Waals surface area contributed by atoms with Gasteiger partial charge in [-0.15, -0.1) is 11.6 Å². The molecule has 5 heteroatoms. The Kier molecular flexibility index (Phi) is 2.52. The number of hydrogen-bond acceptors (Lipinski definition) is 3. The van der Waals surface area contributed by atoms with Crippen LogP contribution in [0.5, 0.6) is 0 Å². The highest BCUT2D eigenvalue weighted by molar-refractivity contribution is 6.16. The maximum atomic E-state index is 13.2. The van der Waals surface area contributed by atoms with Crippen molar-refractivity contribution in [2.45, 2.75) is 12.3 Å². The maximum Gasteiger partial charge on any atom is 0.302 e. The van der Waals surface area contributed by atoms with Gasteiger partial charge < -0.3 is 4.42 Å². The maximum absolute atomic E-state index is 13.2. The molecule has 0 aliphatic carbocycles. The fourth-order valence-electron chi connectivity index (χ4n) is 2.03. The van der Waals surface area contributed by atoms with Crippen molar-refractivity contribution in [1.29, 1.82) is 0 Å². The van der Waals surface area contributed by atoms with Crippen LogP contribution in [0.2, 0.25) is 0 Å². The highest BCUT2D eigenvalue weighted by atomic mass is 35.5. The fraction of sp³-hybridized carbons (Fsp3) is 0.250. The van der Waals surface area contributed by atoms with Crippen LogP contribution < -0.4 is 4.90 Å². The molecule has 1 aliphatic heterocycles. The fourth-order valence-corrected chi connectivity index (χ4v) is 2.16. The molecule has 1 aliphatic rings. The number of nitrogens with zero attached hydrogens (tertiary/aromatic N) is 2. The molecule has 0 atom stereocenters. The lowest BCUT2D eigenvalue weighted by atomic mass is 10.2. The lowest BCUT2D eigenvalue weighted by Crippen LogP contribution is -2.13. The number of alkyl halides is 1. The minimum Gasteiger partial charge on any atom is -0.431 e. The molecule has 0 radical (unpaired) electrons. The predicted molar refractivity (Wildman–Crippen MR) is 63.2 cm³/mol. The van der Waals surface area contributed by atoms with Crippen LogP contribution >= 0.6 is 11.6 Å². The number of rotatable bonds is 2. The van der Waals surface area contributed by atoms with E-state index in [4.69, 9.17) is 16.0 Å². The Labute approximate surface area is 103 Å². The molecule has 0 bridgehead atoms. The highest BCUT2D eigenvalue weighted by Gasteiger charge is 2.24. The van der Waals surface area contributed by atoms with Gasteiger partial charge in [0.05, 0.1) is 17.3 Å². The lowest BCUT2D eigenvalue weighted by Gasteiger charge is -2.13. The molecule has 2 aromatic rings. The molecule has 3 nitrogen and oxygen atoms in total. The van der Waals surface area contributed by atoms with E-state index in [1.165, 1.54) is 18.4 Å². The van der Waals surface area contributed by atoms with E-state index in [0.29, 0.717) is 17.6 Å². The Hall–Kier alpha value is -1.55. The van der Waals surface area contributed by atoms with E-state index in [2.05, 4.69) is 4.98 Å². The zero-order valence-corrected chi connectivity index (χ0v) is 9.75. The summed E-state index contributed by atoms with van der Waals surface area (Å²) in [5, 5.41) is 0.